The van der Waals surface area contributed by atoms with Crippen LogP contribution in [0.3, 0.4) is 0 Å². The van der Waals surface area contributed by atoms with E-state index in [4.69, 9.17) is 11.6 Å². The number of halogens is 1. The molecule has 0 radical (unpaired) electrons. The van der Waals surface area contributed by atoms with Crippen molar-refractivity contribution in [3.05, 3.63) is 64.2 Å². The predicted octanol–water partition coefficient (Wildman–Crippen LogP) is 3.76. The van der Waals surface area contributed by atoms with E-state index in [2.05, 4.69) is 5.32 Å². The first-order valence-electron chi connectivity index (χ1n) is 11.8. The number of nitrogens with one attached hydrogen (secondary N) is 1. The van der Waals surface area contributed by atoms with Gasteiger partial charge in [0.2, 0.25) is 11.8 Å². The standard InChI is InChI=1S/C26H37ClN4O4S/c1-18(2)15-28-26(33)21(5)30(16-22-9-8-10-23(27)14-22)25(32)17-31(36(34,35)29(6)7)24-13-19(3)11-12-20(24)4/h8-14,18,21H,15-17H2,1-7H3,(H,28,33)/t21-/m1/s1. The minimum absolute atomic E-state index is 0.0955. The van der Waals surface area contributed by atoms with Crippen LogP contribution in [0, 0.1) is 19.8 Å². The molecule has 36 heavy (non-hydrogen) atoms. The van der Waals surface area contributed by atoms with Crippen molar-refractivity contribution in [2.45, 2.75) is 47.2 Å². The summed E-state index contributed by atoms with van der Waals surface area (Å²) in [6.45, 7) is 9.35. The lowest BCUT2D eigenvalue weighted by Gasteiger charge is -2.33. The number of hydrogen-bond donors (Lipinski definition) is 1. The lowest BCUT2D eigenvalue weighted by molar-refractivity contribution is -0.139. The van der Waals surface area contributed by atoms with Crippen molar-refractivity contribution in [3.8, 4) is 0 Å². The molecule has 0 bridgehead atoms. The lowest BCUT2D eigenvalue weighted by Crippen LogP contribution is -2.52. The summed E-state index contributed by atoms with van der Waals surface area (Å²) in [5, 5.41) is 3.37. The number of aryl methyl sites for hydroxylation is 2. The fraction of sp³-hybridized carbons (Fsp3) is 0.462. The highest BCUT2D eigenvalue weighted by atomic mass is 35.5. The largest absolute Gasteiger partial charge is 0.354 e. The van der Waals surface area contributed by atoms with Gasteiger partial charge in [0, 0.05) is 32.2 Å². The van der Waals surface area contributed by atoms with Crippen LogP contribution >= 0.6 is 11.6 Å². The molecule has 1 N–H and O–H groups in total. The van der Waals surface area contributed by atoms with E-state index in [1.807, 2.05) is 39.0 Å². The topological polar surface area (TPSA) is 90.0 Å². The molecule has 0 unspecified atom stereocenters. The number of benzene rings is 2. The molecule has 0 saturated heterocycles. The first-order valence-corrected chi connectivity index (χ1v) is 13.6. The average Bonchev–Trinajstić information content (AvgIpc) is 2.80. The van der Waals surface area contributed by atoms with Gasteiger partial charge in [-0.05, 0) is 61.6 Å². The van der Waals surface area contributed by atoms with Crippen LogP contribution in [0.15, 0.2) is 42.5 Å². The van der Waals surface area contributed by atoms with Crippen LogP contribution in [0.1, 0.15) is 37.5 Å². The molecule has 0 aliphatic rings. The van der Waals surface area contributed by atoms with E-state index in [0.29, 0.717) is 22.8 Å². The van der Waals surface area contributed by atoms with Crippen molar-refractivity contribution < 1.29 is 18.0 Å². The Morgan fingerprint density at radius 3 is 2.28 bits per heavy atom. The molecule has 0 spiro atoms. The van der Waals surface area contributed by atoms with E-state index < -0.39 is 28.7 Å². The van der Waals surface area contributed by atoms with Gasteiger partial charge in [-0.2, -0.15) is 12.7 Å². The van der Waals surface area contributed by atoms with Crippen LogP contribution in [0.25, 0.3) is 0 Å². The monoisotopic (exact) mass is 536 g/mol. The van der Waals surface area contributed by atoms with Crippen molar-refractivity contribution in [3.63, 3.8) is 0 Å². The molecule has 2 amide bonds. The third-order valence-electron chi connectivity index (χ3n) is 5.75. The molecule has 0 fully saturated rings. The van der Waals surface area contributed by atoms with Crippen LogP contribution in [-0.4, -0.2) is 62.7 Å². The molecule has 0 heterocycles. The quantitative estimate of drug-likeness (QED) is 0.473. The Bertz CT molecular complexity index is 1180. The summed E-state index contributed by atoms with van der Waals surface area (Å²) in [6, 6.07) is 11.6. The highest BCUT2D eigenvalue weighted by molar-refractivity contribution is 7.90. The summed E-state index contributed by atoms with van der Waals surface area (Å²) >= 11 is 6.15. The predicted molar refractivity (Wildman–Crippen MR) is 145 cm³/mol. The maximum Gasteiger partial charge on any atom is 0.304 e. The molecule has 0 saturated carbocycles. The lowest BCUT2D eigenvalue weighted by atomic mass is 10.1. The van der Waals surface area contributed by atoms with Crippen LogP contribution in [-0.2, 0) is 26.3 Å². The molecule has 1 atom stereocenters. The number of rotatable bonds is 11. The first-order chi connectivity index (χ1) is 16.7. The van der Waals surface area contributed by atoms with E-state index >= 15 is 0 Å². The summed E-state index contributed by atoms with van der Waals surface area (Å²) in [4.78, 5) is 28.1. The third-order valence-corrected chi connectivity index (χ3v) is 7.79. The zero-order chi connectivity index (χ0) is 27.2. The fourth-order valence-electron chi connectivity index (χ4n) is 3.56. The van der Waals surface area contributed by atoms with Gasteiger partial charge in [0.05, 0.1) is 5.69 Å². The Hall–Kier alpha value is -2.62. The smallest absolute Gasteiger partial charge is 0.304 e. The zero-order valence-corrected chi connectivity index (χ0v) is 23.7. The van der Waals surface area contributed by atoms with Gasteiger partial charge in [0.1, 0.15) is 12.6 Å². The number of nitrogens with zero attached hydrogens (tertiary/aromatic N) is 3. The molecule has 2 aromatic rings. The summed E-state index contributed by atoms with van der Waals surface area (Å²) in [7, 11) is -1.17. The molecule has 0 aromatic heterocycles. The Balaban J connectivity index is 2.49. The first kappa shape index (κ1) is 29.6. The highest BCUT2D eigenvalue weighted by Gasteiger charge is 2.33. The second-order valence-corrected chi connectivity index (χ2v) is 12.1. The molecule has 0 aliphatic carbocycles. The number of hydrogen-bond acceptors (Lipinski definition) is 4. The SMILES string of the molecule is Cc1ccc(C)c(N(CC(=O)N(Cc2cccc(Cl)c2)[C@H](C)C(=O)NCC(C)C)S(=O)(=O)N(C)C)c1. The van der Waals surface area contributed by atoms with Gasteiger partial charge in [-0.15, -0.1) is 0 Å². The van der Waals surface area contributed by atoms with Gasteiger partial charge in [-0.25, -0.2) is 4.31 Å². The number of amides is 2. The molecule has 0 aliphatic heterocycles. The summed E-state index contributed by atoms with van der Waals surface area (Å²) in [5.74, 6) is -0.579. The van der Waals surface area contributed by atoms with E-state index in [-0.39, 0.29) is 18.4 Å². The molecule has 2 rings (SSSR count). The Labute approximate surface area is 220 Å². The van der Waals surface area contributed by atoms with E-state index in [0.717, 1.165) is 19.7 Å². The highest BCUT2D eigenvalue weighted by Crippen LogP contribution is 2.26. The van der Waals surface area contributed by atoms with Crippen molar-refractivity contribution in [2.24, 2.45) is 5.92 Å². The molecule has 8 nitrogen and oxygen atoms in total. The van der Waals surface area contributed by atoms with Crippen molar-refractivity contribution in [1.29, 1.82) is 0 Å². The average molecular weight is 537 g/mol. The van der Waals surface area contributed by atoms with Crippen molar-refractivity contribution in [1.82, 2.24) is 14.5 Å². The van der Waals surface area contributed by atoms with Gasteiger partial charge in [0.25, 0.3) is 0 Å². The Morgan fingerprint density at radius 2 is 1.69 bits per heavy atom. The second kappa shape index (κ2) is 12.6. The van der Waals surface area contributed by atoms with Crippen LogP contribution in [0.5, 0.6) is 0 Å². The third kappa shape index (κ3) is 7.69. The van der Waals surface area contributed by atoms with Gasteiger partial charge >= 0.3 is 10.2 Å². The normalized spacial score (nSPS) is 12.5. The van der Waals surface area contributed by atoms with Gasteiger partial charge in [-0.3, -0.25) is 9.59 Å². The van der Waals surface area contributed by atoms with Crippen molar-refractivity contribution >= 4 is 39.3 Å². The van der Waals surface area contributed by atoms with E-state index in [9.17, 15) is 18.0 Å². The summed E-state index contributed by atoms with van der Waals surface area (Å²) in [5.41, 5.74) is 2.71. The van der Waals surface area contributed by atoms with E-state index in [1.54, 1.807) is 38.1 Å². The number of carbonyl (C=O) groups excluding carboxylic acids is 2. The summed E-state index contributed by atoms with van der Waals surface area (Å²) in [6.07, 6.45) is 0. The van der Waals surface area contributed by atoms with E-state index in [1.165, 1.54) is 19.0 Å². The Morgan fingerprint density at radius 1 is 1.03 bits per heavy atom. The van der Waals surface area contributed by atoms with Crippen LogP contribution < -0.4 is 9.62 Å². The van der Waals surface area contributed by atoms with Gasteiger partial charge in [0.15, 0.2) is 0 Å². The number of anilines is 1. The molecule has 2 aromatic carbocycles. The second-order valence-electron chi connectivity index (χ2n) is 9.55. The fourth-order valence-corrected chi connectivity index (χ4v) is 4.88. The number of carbonyl (C=O) groups is 2. The van der Waals surface area contributed by atoms with Crippen LogP contribution in [0.4, 0.5) is 5.69 Å². The zero-order valence-electron chi connectivity index (χ0n) is 22.1. The van der Waals surface area contributed by atoms with Gasteiger partial charge in [-0.1, -0.05) is 49.7 Å². The molecular formula is C26H37ClN4O4S. The molecular weight excluding hydrogens is 500 g/mol. The maximum atomic E-state index is 13.8. The summed E-state index contributed by atoms with van der Waals surface area (Å²) < 4.78 is 28.8. The van der Waals surface area contributed by atoms with Crippen molar-refractivity contribution in [2.75, 3.05) is 31.5 Å². The minimum atomic E-state index is -4.01. The molecule has 10 heteroatoms. The Kier molecular flexibility index (Phi) is 10.3. The van der Waals surface area contributed by atoms with Gasteiger partial charge < -0.3 is 10.2 Å². The molecule has 198 valence electrons. The minimum Gasteiger partial charge on any atom is -0.354 e. The maximum absolute atomic E-state index is 13.8. The van der Waals surface area contributed by atoms with Crippen LogP contribution in [0.2, 0.25) is 5.02 Å².